The van der Waals surface area contributed by atoms with Crippen molar-refractivity contribution in [3.63, 3.8) is 0 Å². The molecule has 6 nitrogen and oxygen atoms in total. The van der Waals surface area contributed by atoms with E-state index in [-0.39, 0.29) is 18.0 Å². The first-order valence-corrected chi connectivity index (χ1v) is 11.8. The van der Waals surface area contributed by atoms with E-state index in [0.29, 0.717) is 30.4 Å². The van der Waals surface area contributed by atoms with Crippen molar-refractivity contribution in [2.75, 3.05) is 31.7 Å². The van der Waals surface area contributed by atoms with Crippen molar-refractivity contribution in [2.45, 2.75) is 38.6 Å². The molecule has 0 aliphatic carbocycles. The molecule has 0 saturated carbocycles. The fourth-order valence-corrected chi connectivity index (χ4v) is 4.96. The molecule has 1 aromatic carbocycles. The van der Waals surface area contributed by atoms with E-state index < -0.39 is 5.97 Å². The van der Waals surface area contributed by atoms with E-state index in [0.717, 1.165) is 34.2 Å². The highest BCUT2D eigenvalue weighted by Crippen LogP contribution is 2.34. The van der Waals surface area contributed by atoms with Crippen LogP contribution < -0.4 is 10.6 Å². The summed E-state index contributed by atoms with van der Waals surface area (Å²) in [5.74, 6) is -0.599. The van der Waals surface area contributed by atoms with Gasteiger partial charge in [0, 0.05) is 28.1 Å². The Balaban J connectivity index is 1.72. The van der Waals surface area contributed by atoms with Gasteiger partial charge >= 0.3 is 5.97 Å². The summed E-state index contributed by atoms with van der Waals surface area (Å²) in [5.41, 5.74) is 1.22. The number of hydrogen-bond acceptors (Lipinski definition) is 6. The molecule has 0 bridgehead atoms. The van der Waals surface area contributed by atoms with Crippen molar-refractivity contribution >= 4 is 44.1 Å². The molecule has 1 aromatic heterocycles. The molecule has 1 aliphatic rings. The number of esters is 1. The maximum Gasteiger partial charge on any atom is 0.341 e. The zero-order valence-electron chi connectivity index (χ0n) is 17.3. The number of ether oxygens (including phenoxy) is 2. The Kier molecular flexibility index (Phi) is 8.05. The molecule has 2 heterocycles. The van der Waals surface area contributed by atoms with Crippen molar-refractivity contribution in [3.8, 4) is 0 Å². The standard InChI is InChI=1S/C22H27BrN2O4S/c1-3-17-13-18(21(27)29-4-2)20(30-17)25-19(26)14-24-22(8-10-28-11-9-22)15-6-5-7-16(23)12-15/h5-7,12-13,24H,3-4,8-11,14H2,1-2H3,(H,25,26). The molecule has 30 heavy (non-hydrogen) atoms. The monoisotopic (exact) mass is 494 g/mol. The highest BCUT2D eigenvalue weighted by atomic mass is 79.9. The molecule has 0 spiro atoms. The summed E-state index contributed by atoms with van der Waals surface area (Å²) in [6.07, 6.45) is 2.35. The first-order valence-electron chi connectivity index (χ1n) is 10.2. The lowest BCUT2D eigenvalue weighted by molar-refractivity contribution is -0.116. The zero-order valence-corrected chi connectivity index (χ0v) is 19.7. The van der Waals surface area contributed by atoms with Crippen molar-refractivity contribution < 1.29 is 19.1 Å². The molecule has 0 radical (unpaired) electrons. The number of aryl methyl sites for hydroxylation is 1. The van der Waals surface area contributed by atoms with Crippen molar-refractivity contribution in [3.05, 3.63) is 50.8 Å². The fraction of sp³-hybridized carbons (Fsp3) is 0.455. The molecule has 1 aliphatic heterocycles. The second kappa shape index (κ2) is 10.5. The predicted molar refractivity (Wildman–Crippen MR) is 122 cm³/mol. The van der Waals surface area contributed by atoms with Gasteiger partial charge in [-0.1, -0.05) is 35.0 Å². The third-order valence-corrected chi connectivity index (χ3v) is 6.88. The quantitative estimate of drug-likeness (QED) is 0.528. The van der Waals surface area contributed by atoms with Gasteiger partial charge in [-0.05, 0) is 49.9 Å². The summed E-state index contributed by atoms with van der Waals surface area (Å²) in [6, 6.07) is 9.95. The third-order valence-electron chi connectivity index (χ3n) is 5.19. The average Bonchev–Trinajstić information content (AvgIpc) is 3.16. The van der Waals surface area contributed by atoms with Crippen LogP contribution in [0.3, 0.4) is 0 Å². The molecule has 162 valence electrons. The number of carbonyl (C=O) groups is 2. The number of amides is 1. The minimum absolute atomic E-state index is 0.133. The van der Waals surface area contributed by atoms with E-state index in [9.17, 15) is 9.59 Å². The molecule has 3 rings (SSSR count). The van der Waals surface area contributed by atoms with E-state index in [1.54, 1.807) is 13.0 Å². The van der Waals surface area contributed by atoms with Crippen LogP contribution in [-0.2, 0) is 26.2 Å². The SMILES string of the molecule is CCOC(=O)c1cc(CC)sc1NC(=O)CNC1(c2cccc(Br)c2)CCOCC1. The van der Waals surface area contributed by atoms with Gasteiger partial charge in [0.2, 0.25) is 5.91 Å². The predicted octanol–water partition coefficient (Wildman–Crippen LogP) is 4.48. The van der Waals surface area contributed by atoms with Gasteiger partial charge in [-0.15, -0.1) is 11.3 Å². The first-order chi connectivity index (χ1) is 14.5. The van der Waals surface area contributed by atoms with Gasteiger partial charge in [-0.25, -0.2) is 4.79 Å². The Bertz CT molecular complexity index is 893. The van der Waals surface area contributed by atoms with Crippen molar-refractivity contribution in [2.24, 2.45) is 0 Å². The molecule has 8 heteroatoms. The minimum atomic E-state index is -0.410. The number of anilines is 1. The lowest BCUT2D eigenvalue weighted by atomic mass is 9.82. The molecule has 0 unspecified atom stereocenters. The minimum Gasteiger partial charge on any atom is -0.462 e. The van der Waals surface area contributed by atoms with Gasteiger partial charge in [0.1, 0.15) is 5.00 Å². The van der Waals surface area contributed by atoms with Crippen LogP contribution in [0.1, 0.15) is 47.5 Å². The van der Waals surface area contributed by atoms with Crippen LogP contribution in [0.2, 0.25) is 0 Å². The van der Waals surface area contributed by atoms with Crippen LogP contribution in [0.15, 0.2) is 34.8 Å². The van der Waals surface area contributed by atoms with E-state index in [1.807, 2.05) is 19.1 Å². The van der Waals surface area contributed by atoms with Crippen LogP contribution in [0.5, 0.6) is 0 Å². The molecule has 2 N–H and O–H groups in total. The van der Waals surface area contributed by atoms with E-state index in [2.05, 4.69) is 38.7 Å². The Labute approximate surface area is 189 Å². The molecule has 2 aromatic rings. The molecular formula is C22H27BrN2O4S. The number of carbonyl (C=O) groups excluding carboxylic acids is 2. The fourth-order valence-electron chi connectivity index (χ4n) is 3.56. The highest BCUT2D eigenvalue weighted by molar-refractivity contribution is 9.10. The largest absolute Gasteiger partial charge is 0.462 e. The van der Waals surface area contributed by atoms with Gasteiger partial charge in [0.05, 0.1) is 18.7 Å². The number of benzene rings is 1. The average molecular weight is 495 g/mol. The van der Waals surface area contributed by atoms with E-state index >= 15 is 0 Å². The second-order valence-electron chi connectivity index (χ2n) is 7.14. The van der Waals surface area contributed by atoms with Crippen LogP contribution in [0.25, 0.3) is 0 Å². The van der Waals surface area contributed by atoms with Crippen LogP contribution in [0, 0.1) is 0 Å². The van der Waals surface area contributed by atoms with Crippen LogP contribution in [0.4, 0.5) is 5.00 Å². The van der Waals surface area contributed by atoms with E-state index in [4.69, 9.17) is 9.47 Å². The maximum atomic E-state index is 12.8. The Morgan fingerprint density at radius 3 is 2.67 bits per heavy atom. The summed E-state index contributed by atoms with van der Waals surface area (Å²) >= 11 is 4.95. The lowest BCUT2D eigenvalue weighted by Crippen LogP contribution is -2.49. The molecule has 1 saturated heterocycles. The smallest absolute Gasteiger partial charge is 0.341 e. The number of halogens is 1. The summed E-state index contributed by atoms with van der Waals surface area (Å²) in [4.78, 5) is 26.0. The van der Waals surface area contributed by atoms with Crippen LogP contribution in [-0.4, -0.2) is 38.2 Å². The van der Waals surface area contributed by atoms with Crippen molar-refractivity contribution in [1.29, 1.82) is 0 Å². The number of thiophene rings is 1. The zero-order chi connectivity index (χ0) is 21.6. The Morgan fingerprint density at radius 1 is 1.23 bits per heavy atom. The normalized spacial score (nSPS) is 15.6. The topological polar surface area (TPSA) is 76.7 Å². The Morgan fingerprint density at radius 2 is 2.00 bits per heavy atom. The lowest BCUT2D eigenvalue weighted by Gasteiger charge is -2.38. The summed E-state index contributed by atoms with van der Waals surface area (Å²) in [7, 11) is 0. The number of rotatable bonds is 8. The molecule has 1 fully saturated rings. The number of hydrogen-bond donors (Lipinski definition) is 2. The van der Waals surface area contributed by atoms with Gasteiger partial charge in [-0.2, -0.15) is 0 Å². The second-order valence-corrected chi connectivity index (χ2v) is 9.19. The molecule has 1 amide bonds. The first kappa shape index (κ1) is 22.9. The third kappa shape index (κ3) is 5.49. The highest BCUT2D eigenvalue weighted by Gasteiger charge is 2.34. The number of nitrogens with one attached hydrogen (secondary N) is 2. The maximum absolute atomic E-state index is 12.8. The van der Waals surface area contributed by atoms with Gasteiger partial charge < -0.3 is 14.8 Å². The van der Waals surface area contributed by atoms with Gasteiger partial charge in [-0.3, -0.25) is 10.1 Å². The summed E-state index contributed by atoms with van der Waals surface area (Å²) < 4.78 is 11.7. The van der Waals surface area contributed by atoms with Crippen molar-refractivity contribution in [1.82, 2.24) is 5.32 Å². The van der Waals surface area contributed by atoms with E-state index in [1.165, 1.54) is 11.3 Å². The van der Waals surface area contributed by atoms with Gasteiger partial charge in [0.15, 0.2) is 0 Å². The van der Waals surface area contributed by atoms with Gasteiger partial charge in [0.25, 0.3) is 0 Å². The summed E-state index contributed by atoms with van der Waals surface area (Å²) in [6.45, 7) is 5.48. The molecular weight excluding hydrogens is 468 g/mol. The van der Waals surface area contributed by atoms with Crippen LogP contribution >= 0.6 is 27.3 Å². The summed E-state index contributed by atoms with van der Waals surface area (Å²) in [5, 5.41) is 6.91. The molecule has 0 atom stereocenters. The Hall–Kier alpha value is -1.74.